The minimum absolute atomic E-state index is 0.0503. The van der Waals surface area contributed by atoms with E-state index in [1.807, 2.05) is 17.8 Å². The number of hydrogen-bond donors (Lipinski definition) is 2. The summed E-state index contributed by atoms with van der Waals surface area (Å²) in [6.07, 6.45) is 4.64. The molecule has 1 fully saturated rings. The highest BCUT2D eigenvalue weighted by molar-refractivity contribution is 5.11. The van der Waals surface area contributed by atoms with Gasteiger partial charge >= 0.3 is 0 Å². The first-order valence-electron chi connectivity index (χ1n) is 6.39. The van der Waals surface area contributed by atoms with Gasteiger partial charge in [-0.1, -0.05) is 0 Å². The van der Waals surface area contributed by atoms with Gasteiger partial charge in [0.2, 0.25) is 0 Å². The van der Waals surface area contributed by atoms with Gasteiger partial charge in [-0.05, 0) is 34.1 Å². The second-order valence-corrected chi connectivity index (χ2v) is 6.35. The van der Waals surface area contributed by atoms with Gasteiger partial charge in [0, 0.05) is 19.2 Å². The fourth-order valence-electron chi connectivity index (χ4n) is 3.20. The molecule has 2 rings (SSSR count). The van der Waals surface area contributed by atoms with Crippen LogP contribution in [0.1, 0.15) is 45.9 Å². The van der Waals surface area contributed by atoms with Crippen LogP contribution in [-0.4, -0.2) is 20.8 Å². The molecule has 2 atom stereocenters. The average molecular weight is 252 g/mol. The summed E-state index contributed by atoms with van der Waals surface area (Å²) in [4.78, 5) is 4.17. The van der Waals surface area contributed by atoms with E-state index in [1.54, 1.807) is 6.33 Å². The third-order valence-corrected chi connectivity index (χ3v) is 3.90. The third kappa shape index (κ3) is 2.30. The van der Waals surface area contributed by atoms with E-state index in [9.17, 15) is 0 Å². The maximum absolute atomic E-state index is 6.14. The van der Waals surface area contributed by atoms with Crippen molar-refractivity contribution in [2.24, 2.45) is 18.8 Å². The Morgan fingerprint density at radius 2 is 2.17 bits per heavy atom. The highest BCUT2D eigenvalue weighted by Crippen LogP contribution is 2.47. The number of aryl methyl sites for hydroxylation is 1. The van der Waals surface area contributed by atoms with Gasteiger partial charge < -0.3 is 9.30 Å². The molecule has 102 valence electrons. The van der Waals surface area contributed by atoms with Crippen molar-refractivity contribution in [3.63, 3.8) is 0 Å². The van der Waals surface area contributed by atoms with Crippen LogP contribution in [0.25, 0.3) is 0 Å². The van der Waals surface area contributed by atoms with Crippen LogP contribution in [0.15, 0.2) is 12.5 Å². The van der Waals surface area contributed by atoms with Gasteiger partial charge in [0.15, 0.2) is 0 Å². The third-order valence-electron chi connectivity index (χ3n) is 3.90. The summed E-state index contributed by atoms with van der Waals surface area (Å²) in [6.45, 7) is 8.53. The molecule has 2 unspecified atom stereocenters. The van der Waals surface area contributed by atoms with Crippen LogP contribution in [0.3, 0.4) is 0 Å². The zero-order valence-electron chi connectivity index (χ0n) is 11.9. The van der Waals surface area contributed by atoms with Crippen molar-refractivity contribution in [3.05, 3.63) is 18.2 Å². The van der Waals surface area contributed by atoms with Crippen molar-refractivity contribution in [2.45, 2.75) is 51.4 Å². The lowest BCUT2D eigenvalue weighted by Gasteiger charge is -2.32. The van der Waals surface area contributed by atoms with E-state index in [2.05, 4.69) is 38.1 Å². The highest BCUT2D eigenvalue weighted by Gasteiger charge is 2.49. The van der Waals surface area contributed by atoms with Gasteiger partial charge in [-0.3, -0.25) is 11.3 Å². The summed E-state index contributed by atoms with van der Waals surface area (Å²) < 4.78 is 8.15. The first-order valence-corrected chi connectivity index (χ1v) is 6.39. The molecule has 1 saturated heterocycles. The van der Waals surface area contributed by atoms with Crippen LogP contribution in [0.2, 0.25) is 0 Å². The first kappa shape index (κ1) is 13.5. The number of ether oxygens (including phenoxy) is 1. The van der Waals surface area contributed by atoms with Crippen LogP contribution >= 0.6 is 0 Å². The number of imidazole rings is 1. The second kappa shape index (κ2) is 4.33. The molecule has 1 aliphatic heterocycles. The van der Waals surface area contributed by atoms with E-state index in [1.165, 1.54) is 0 Å². The Labute approximate surface area is 109 Å². The first-order chi connectivity index (χ1) is 8.27. The van der Waals surface area contributed by atoms with Crippen LogP contribution < -0.4 is 11.3 Å². The number of nitrogens with one attached hydrogen (secondary N) is 1. The monoisotopic (exact) mass is 252 g/mol. The molecule has 0 bridgehead atoms. The topological polar surface area (TPSA) is 65.1 Å². The van der Waals surface area contributed by atoms with E-state index in [0.29, 0.717) is 5.92 Å². The summed E-state index contributed by atoms with van der Waals surface area (Å²) in [5, 5.41) is 0. The predicted molar refractivity (Wildman–Crippen MR) is 70.6 cm³/mol. The van der Waals surface area contributed by atoms with Crippen molar-refractivity contribution in [1.29, 1.82) is 0 Å². The van der Waals surface area contributed by atoms with Crippen molar-refractivity contribution in [1.82, 2.24) is 15.0 Å². The summed E-state index contributed by atoms with van der Waals surface area (Å²) in [7, 11) is 1.99. The fourth-order valence-corrected chi connectivity index (χ4v) is 3.20. The average Bonchev–Trinajstić information content (AvgIpc) is 2.71. The Hall–Kier alpha value is -0.910. The van der Waals surface area contributed by atoms with E-state index < -0.39 is 0 Å². The lowest BCUT2D eigenvalue weighted by molar-refractivity contribution is -0.0781. The van der Waals surface area contributed by atoms with E-state index in [0.717, 1.165) is 12.1 Å². The Morgan fingerprint density at radius 3 is 2.56 bits per heavy atom. The second-order valence-electron chi connectivity index (χ2n) is 6.35. The smallest absolute Gasteiger partial charge is 0.0946 e. The molecule has 1 aromatic rings. The zero-order chi connectivity index (χ0) is 13.6. The number of nitrogens with two attached hydrogens (primary N) is 1. The Kier molecular flexibility index (Phi) is 3.25. The molecule has 0 spiro atoms. The fraction of sp³-hybridized carbons (Fsp3) is 0.769. The quantitative estimate of drug-likeness (QED) is 0.632. The number of aromatic nitrogens is 2. The number of hydrogen-bond acceptors (Lipinski definition) is 4. The molecule has 3 N–H and O–H groups in total. The number of hydrazine groups is 1. The minimum atomic E-state index is -0.204. The molecular weight excluding hydrogens is 228 g/mol. The molecule has 2 heterocycles. The maximum Gasteiger partial charge on any atom is 0.0946 e. The molecule has 1 aromatic heterocycles. The van der Waals surface area contributed by atoms with E-state index >= 15 is 0 Å². The Morgan fingerprint density at radius 1 is 1.50 bits per heavy atom. The predicted octanol–water partition coefficient (Wildman–Crippen LogP) is 1.52. The van der Waals surface area contributed by atoms with Crippen molar-refractivity contribution >= 4 is 0 Å². The largest absolute Gasteiger partial charge is 0.369 e. The molecule has 1 aliphatic rings. The van der Waals surface area contributed by atoms with Gasteiger partial charge in [-0.2, -0.15) is 0 Å². The van der Waals surface area contributed by atoms with Crippen LogP contribution in [0.5, 0.6) is 0 Å². The van der Waals surface area contributed by atoms with Gasteiger partial charge in [0.25, 0.3) is 0 Å². The molecular formula is C13H24N4O. The molecule has 18 heavy (non-hydrogen) atoms. The zero-order valence-corrected chi connectivity index (χ0v) is 11.9. The van der Waals surface area contributed by atoms with Gasteiger partial charge in [-0.15, -0.1) is 0 Å². The summed E-state index contributed by atoms with van der Waals surface area (Å²) >= 11 is 0. The Balaban J connectivity index is 2.32. The van der Waals surface area contributed by atoms with Gasteiger partial charge in [-0.25, -0.2) is 4.98 Å². The summed E-state index contributed by atoms with van der Waals surface area (Å²) in [6, 6.07) is 0.0503. The summed E-state index contributed by atoms with van der Waals surface area (Å²) in [5.41, 5.74) is 3.72. The standard InChI is InChI=1S/C13H24N4O/c1-12(2)6-9(13(3,4)18-12)11(16-14)10-7-15-8-17(10)5/h7-9,11,16H,6,14H2,1-5H3. The molecule has 0 radical (unpaired) electrons. The Bertz CT molecular complexity index is 424. The molecule has 5 nitrogen and oxygen atoms in total. The lowest BCUT2D eigenvalue weighted by Crippen LogP contribution is -2.42. The van der Waals surface area contributed by atoms with Crippen molar-refractivity contribution < 1.29 is 4.74 Å². The number of nitrogens with zero attached hydrogens (tertiary/aromatic N) is 2. The molecule has 5 heteroatoms. The SMILES string of the molecule is Cn1cncc1C(NN)C1CC(C)(C)OC1(C)C. The van der Waals surface area contributed by atoms with Crippen molar-refractivity contribution in [3.8, 4) is 0 Å². The van der Waals surface area contributed by atoms with Gasteiger partial charge in [0.05, 0.1) is 29.3 Å². The van der Waals surface area contributed by atoms with Crippen molar-refractivity contribution in [2.75, 3.05) is 0 Å². The summed E-state index contributed by atoms with van der Waals surface area (Å²) in [5.74, 6) is 6.09. The lowest BCUT2D eigenvalue weighted by atomic mass is 9.80. The van der Waals surface area contributed by atoms with Crippen LogP contribution in [0, 0.1) is 5.92 Å². The molecule has 0 amide bonds. The van der Waals surface area contributed by atoms with Crippen LogP contribution in [-0.2, 0) is 11.8 Å². The highest BCUT2D eigenvalue weighted by atomic mass is 16.5. The minimum Gasteiger partial charge on any atom is -0.369 e. The molecule has 0 aliphatic carbocycles. The van der Waals surface area contributed by atoms with Gasteiger partial charge in [0.1, 0.15) is 0 Å². The molecule has 0 aromatic carbocycles. The maximum atomic E-state index is 6.14. The molecule has 0 saturated carbocycles. The normalized spacial score (nSPS) is 27.3. The van der Waals surface area contributed by atoms with E-state index in [4.69, 9.17) is 10.6 Å². The van der Waals surface area contributed by atoms with E-state index in [-0.39, 0.29) is 17.2 Å². The van der Waals surface area contributed by atoms with Crippen LogP contribution in [0.4, 0.5) is 0 Å². The number of rotatable bonds is 3.